The van der Waals surface area contributed by atoms with Gasteiger partial charge in [0, 0.05) is 12.5 Å². The Balaban J connectivity index is 2.57. The maximum Gasteiger partial charge on any atom is 0.135 e. The number of hydrogen-bond acceptors (Lipinski definition) is 2. The molecule has 0 saturated carbocycles. The molecule has 2 unspecified atom stereocenters. The first-order chi connectivity index (χ1) is 5.15. The number of hydrogen-bond donors (Lipinski definition) is 0. The average Bonchev–Trinajstić information content (AvgIpc) is 2.30. The topological polar surface area (TPSA) is 26.3 Å². The quantitative estimate of drug-likeness (QED) is 0.585. The Labute approximate surface area is 63.0 Å². The molecule has 2 heteroatoms. The molecule has 0 amide bonds. The second kappa shape index (κ2) is 3.15. The van der Waals surface area contributed by atoms with Gasteiger partial charge in [0.15, 0.2) is 0 Å². The molecule has 0 aromatic carbocycles. The Bertz CT molecular complexity index is 158. The highest BCUT2D eigenvalue weighted by molar-refractivity contribution is 5.79. The van der Waals surface area contributed by atoms with Crippen LogP contribution in [-0.4, -0.2) is 18.5 Å². The zero-order valence-corrected chi connectivity index (χ0v) is 6.46. The van der Waals surface area contributed by atoms with Crippen LogP contribution in [0.15, 0.2) is 0 Å². The molecule has 1 rings (SSSR count). The van der Waals surface area contributed by atoms with Crippen molar-refractivity contribution in [2.24, 2.45) is 5.92 Å². The minimum atomic E-state index is -0.478. The number of Topliss-reactive ketones (excluding diaryl/α,β-unsaturated/α-hetero) is 1. The normalized spacial score (nSPS) is 41.4. The summed E-state index contributed by atoms with van der Waals surface area (Å²) in [5.74, 6) is 0.133. The maximum absolute atomic E-state index is 11.0. The van der Waals surface area contributed by atoms with E-state index in [0.29, 0.717) is 6.42 Å². The molecule has 1 heterocycles. The van der Waals surface area contributed by atoms with E-state index < -0.39 is 6.58 Å². The zero-order valence-electron chi connectivity index (χ0n) is 7.46. The highest BCUT2D eigenvalue weighted by atomic mass is 16.5. The lowest BCUT2D eigenvalue weighted by Gasteiger charge is -2.12. The number of rotatable bonds is 2. The highest BCUT2D eigenvalue weighted by Gasteiger charge is 2.29. The Morgan fingerprint density at radius 3 is 3.00 bits per heavy atom. The van der Waals surface area contributed by atoms with Gasteiger partial charge >= 0.3 is 0 Å². The molecule has 0 spiro atoms. The minimum Gasteiger partial charge on any atom is -0.377 e. The monoisotopic (exact) mass is 144 g/mol. The molecule has 0 aromatic heterocycles. The molecule has 1 saturated heterocycles. The highest BCUT2D eigenvalue weighted by Crippen LogP contribution is 2.23. The molecule has 1 fully saturated rings. The Morgan fingerprint density at radius 1 is 1.90 bits per heavy atom. The molecule has 0 bridgehead atoms. The Morgan fingerprint density at radius 2 is 2.60 bits per heavy atom. The van der Waals surface area contributed by atoms with Gasteiger partial charge in [-0.1, -0.05) is 6.92 Å². The van der Waals surface area contributed by atoms with Crippen molar-refractivity contribution in [2.45, 2.75) is 32.8 Å². The van der Waals surface area contributed by atoms with E-state index in [9.17, 15) is 4.79 Å². The first kappa shape index (κ1) is 6.35. The third-order valence-corrected chi connectivity index (χ3v) is 1.99. The largest absolute Gasteiger partial charge is 0.377 e. The number of ketones is 1. The van der Waals surface area contributed by atoms with Gasteiger partial charge in [0.1, 0.15) is 5.78 Å². The molecule has 0 aromatic rings. The molecule has 1 aliphatic rings. The van der Waals surface area contributed by atoms with Crippen LogP contribution in [0, 0.1) is 5.92 Å². The van der Waals surface area contributed by atoms with Gasteiger partial charge in [-0.15, -0.1) is 0 Å². The van der Waals surface area contributed by atoms with Gasteiger partial charge < -0.3 is 4.74 Å². The van der Waals surface area contributed by atoms with Crippen molar-refractivity contribution in [3.05, 3.63) is 0 Å². The fourth-order valence-corrected chi connectivity index (χ4v) is 1.34. The first-order valence-electron chi connectivity index (χ1n) is 4.31. The van der Waals surface area contributed by atoms with Gasteiger partial charge in [-0.2, -0.15) is 0 Å². The van der Waals surface area contributed by atoms with Crippen LogP contribution in [0.2, 0.25) is 0 Å². The number of ether oxygens (including phenoxy) is 1. The van der Waals surface area contributed by atoms with Gasteiger partial charge in [-0.05, 0) is 19.8 Å². The molecule has 0 radical (unpaired) electrons. The summed E-state index contributed by atoms with van der Waals surface area (Å²) in [5, 5.41) is 0. The van der Waals surface area contributed by atoms with Gasteiger partial charge in [-0.3, -0.25) is 4.79 Å². The summed E-state index contributed by atoms with van der Waals surface area (Å²) in [4.78, 5) is 11.0. The van der Waals surface area contributed by atoms with Crippen molar-refractivity contribution in [2.75, 3.05) is 6.58 Å². The van der Waals surface area contributed by atoms with Crippen LogP contribution in [0.1, 0.15) is 28.1 Å². The molecule has 1 aliphatic heterocycles. The smallest absolute Gasteiger partial charge is 0.135 e. The maximum atomic E-state index is 11.0. The van der Waals surface area contributed by atoms with Crippen molar-refractivity contribution >= 4 is 5.78 Å². The van der Waals surface area contributed by atoms with Crippen LogP contribution < -0.4 is 0 Å². The molecule has 2 nitrogen and oxygen atoms in total. The van der Waals surface area contributed by atoms with Crippen molar-refractivity contribution in [3.8, 4) is 0 Å². The molecule has 10 heavy (non-hydrogen) atoms. The van der Waals surface area contributed by atoms with E-state index in [2.05, 4.69) is 0 Å². The summed E-state index contributed by atoms with van der Waals surface area (Å²) in [5.41, 5.74) is 0. The molecular weight excluding hydrogens is 128 g/mol. The first-order valence-corrected chi connectivity index (χ1v) is 3.73. The summed E-state index contributed by atoms with van der Waals surface area (Å²) in [7, 11) is 0. The van der Waals surface area contributed by atoms with Crippen molar-refractivity contribution in [3.63, 3.8) is 0 Å². The second-order valence-electron chi connectivity index (χ2n) is 2.70. The third-order valence-electron chi connectivity index (χ3n) is 1.99. The fourth-order valence-electron chi connectivity index (χ4n) is 1.34. The lowest BCUT2D eigenvalue weighted by molar-refractivity contribution is -0.122. The van der Waals surface area contributed by atoms with Crippen LogP contribution in [0.25, 0.3) is 0 Å². The molecule has 3 atom stereocenters. The predicted octanol–water partition coefficient (Wildman–Crippen LogP) is 1.39. The lowest BCUT2D eigenvalue weighted by atomic mass is 9.96. The standard InChI is InChI=1S/C8H14O2/c1-3-8-7(6(2)9)4-5-10-8/h7-8H,3-5H2,1-2H3/t7?,8-/m1/s1/i5T/t5?,7?,8-. The van der Waals surface area contributed by atoms with Crippen molar-refractivity contribution in [1.82, 2.24) is 0 Å². The number of carbonyl (C=O) groups excluding carboxylic acids is 1. The minimum absolute atomic E-state index is 0.00463. The van der Waals surface area contributed by atoms with Crippen LogP contribution >= 0.6 is 0 Å². The fraction of sp³-hybridized carbons (Fsp3) is 0.875. The number of carbonyl (C=O) groups is 1. The summed E-state index contributed by atoms with van der Waals surface area (Å²) < 4.78 is 12.5. The lowest BCUT2D eigenvalue weighted by Crippen LogP contribution is -2.21. The Kier molecular flexibility index (Phi) is 2.00. The zero-order chi connectivity index (χ0) is 8.43. The third kappa shape index (κ3) is 1.37. The van der Waals surface area contributed by atoms with E-state index in [1.807, 2.05) is 6.92 Å². The van der Waals surface area contributed by atoms with Gasteiger partial charge in [0.2, 0.25) is 0 Å². The van der Waals surface area contributed by atoms with E-state index in [-0.39, 0.29) is 17.8 Å². The molecular formula is C8H14O2. The van der Waals surface area contributed by atoms with Gasteiger partial charge in [-0.25, -0.2) is 0 Å². The van der Waals surface area contributed by atoms with E-state index in [0.717, 1.165) is 6.42 Å². The van der Waals surface area contributed by atoms with Crippen molar-refractivity contribution in [1.29, 1.82) is 0 Å². The van der Waals surface area contributed by atoms with Crippen LogP contribution in [-0.2, 0) is 9.53 Å². The summed E-state index contributed by atoms with van der Waals surface area (Å²) in [6.07, 6.45) is 1.41. The Hall–Kier alpha value is -0.370. The average molecular weight is 144 g/mol. The van der Waals surface area contributed by atoms with Crippen LogP contribution in [0.3, 0.4) is 0 Å². The van der Waals surface area contributed by atoms with Gasteiger partial charge in [0.05, 0.1) is 7.47 Å². The van der Waals surface area contributed by atoms with E-state index in [1.165, 1.54) is 0 Å². The molecule has 0 N–H and O–H groups in total. The van der Waals surface area contributed by atoms with E-state index >= 15 is 0 Å². The summed E-state index contributed by atoms with van der Waals surface area (Å²) in [6.45, 7) is 3.08. The summed E-state index contributed by atoms with van der Waals surface area (Å²) >= 11 is 0. The SMILES string of the molecule is [3H]C1CC(C(C)=O)[C@@H](CC)O1. The second-order valence-corrected chi connectivity index (χ2v) is 2.70. The van der Waals surface area contributed by atoms with Crippen LogP contribution in [0.5, 0.6) is 0 Å². The molecule has 58 valence electrons. The van der Waals surface area contributed by atoms with E-state index in [4.69, 9.17) is 6.11 Å². The van der Waals surface area contributed by atoms with Crippen LogP contribution in [0.4, 0.5) is 0 Å². The molecule has 0 aliphatic carbocycles. The predicted molar refractivity (Wildman–Crippen MR) is 38.8 cm³/mol. The van der Waals surface area contributed by atoms with E-state index in [1.54, 1.807) is 6.92 Å². The summed E-state index contributed by atoms with van der Waals surface area (Å²) in [6, 6.07) is 0. The van der Waals surface area contributed by atoms with Crippen molar-refractivity contribution < 1.29 is 10.9 Å². The van der Waals surface area contributed by atoms with Gasteiger partial charge in [0.25, 0.3) is 0 Å².